The summed E-state index contributed by atoms with van der Waals surface area (Å²) in [6.45, 7) is 1.38. The molecule has 0 fully saturated rings. The summed E-state index contributed by atoms with van der Waals surface area (Å²) < 4.78 is 4.95. The standard InChI is InChI=1S/C11H11N3O2/c1-7(15)13-11-9(12)10(14-16-11)8-5-3-2-4-6-8/h2-6H,12H2,1H3,(H,13,15). The number of carbonyl (C=O) groups excluding carboxylic acids is 1. The molecule has 1 amide bonds. The lowest BCUT2D eigenvalue weighted by atomic mass is 10.1. The molecule has 0 saturated heterocycles. The first-order chi connectivity index (χ1) is 7.68. The van der Waals surface area contributed by atoms with E-state index < -0.39 is 0 Å². The average molecular weight is 217 g/mol. The van der Waals surface area contributed by atoms with Gasteiger partial charge in [0.25, 0.3) is 5.88 Å². The molecule has 16 heavy (non-hydrogen) atoms. The Labute approximate surface area is 92.2 Å². The molecule has 5 heteroatoms. The van der Waals surface area contributed by atoms with Crippen LogP contribution < -0.4 is 11.1 Å². The number of nitrogen functional groups attached to an aromatic ring is 1. The van der Waals surface area contributed by atoms with Crippen molar-refractivity contribution in [2.24, 2.45) is 0 Å². The zero-order valence-corrected chi connectivity index (χ0v) is 8.73. The van der Waals surface area contributed by atoms with Crippen LogP contribution in [0.4, 0.5) is 11.6 Å². The first-order valence-corrected chi connectivity index (χ1v) is 4.76. The summed E-state index contributed by atoms with van der Waals surface area (Å²) >= 11 is 0. The summed E-state index contributed by atoms with van der Waals surface area (Å²) in [5.74, 6) is -0.0613. The van der Waals surface area contributed by atoms with Crippen LogP contribution in [0.5, 0.6) is 0 Å². The quantitative estimate of drug-likeness (QED) is 0.804. The SMILES string of the molecule is CC(=O)Nc1onc(-c2ccccc2)c1N. The van der Waals surface area contributed by atoms with Crippen molar-refractivity contribution < 1.29 is 9.32 Å². The Balaban J connectivity index is 2.37. The van der Waals surface area contributed by atoms with Gasteiger partial charge >= 0.3 is 0 Å². The average Bonchev–Trinajstić information content (AvgIpc) is 2.61. The van der Waals surface area contributed by atoms with Crippen molar-refractivity contribution in [2.45, 2.75) is 6.92 Å². The number of hydrogen-bond donors (Lipinski definition) is 2. The van der Waals surface area contributed by atoms with Gasteiger partial charge in [-0.25, -0.2) is 0 Å². The summed E-state index contributed by atoms with van der Waals surface area (Å²) in [5.41, 5.74) is 7.53. The van der Waals surface area contributed by atoms with Crippen LogP contribution in [0.15, 0.2) is 34.9 Å². The van der Waals surface area contributed by atoms with Gasteiger partial charge in [0.05, 0.1) is 0 Å². The van der Waals surface area contributed by atoms with Gasteiger partial charge in [-0.3, -0.25) is 10.1 Å². The van der Waals surface area contributed by atoms with E-state index in [0.29, 0.717) is 11.4 Å². The summed E-state index contributed by atoms with van der Waals surface area (Å²) in [7, 11) is 0. The molecule has 3 N–H and O–H groups in total. The predicted molar refractivity (Wildman–Crippen MR) is 60.7 cm³/mol. The Morgan fingerprint density at radius 1 is 1.38 bits per heavy atom. The Bertz CT molecular complexity index is 505. The molecule has 0 saturated carbocycles. The van der Waals surface area contributed by atoms with Gasteiger partial charge in [0.1, 0.15) is 11.4 Å². The molecule has 0 aliphatic rings. The van der Waals surface area contributed by atoms with Crippen LogP contribution in [0.2, 0.25) is 0 Å². The first-order valence-electron chi connectivity index (χ1n) is 4.76. The molecule has 1 aromatic heterocycles. The number of nitrogens with zero attached hydrogens (tertiary/aromatic N) is 1. The second kappa shape index (κ2) is 4.06. The number of benzene rings is 1. The lowest BCUT2D eigenvalue weighted by molar-refractivity contribution is -0.114. The topological polar surface area (TPSA) is 81.2 Å². The summed E-state index contributed by atoms with van der Waals surface area (Å²) in [4.78, 5) is 10.9. The highest BCUT2D eigenvalue weighted by atomic mass is 16.5. The molecule has 0 bridgehead atoms. The fraction of sp³-hybridized carbons (Fsp3) is 0.0909. The van der Waals surface area contributed by atoms with Crippen LogP contribution >= 0.6 is 0 Å². The Hall–Kier alpha value is -2.30. The highest BCUT2D eigenvalue weighted by molar-refractivity contribution is 5.92. The molecule has 82 valence electrons. The van der Waals surface area contributed by atoms with Crippen molar-refractivity contribution in [3.05, 3.63) is 30.3 Å². The highest BCUT2D eigenvalue weighted by Crippen LogP contribution is 2.30. The molecule has 0 radical (unpaired) electrons. The summed E-state index contributed by atoms with van der Waals surface area (Å²) in [6, 6.07) is 9.38. The molecule has 0 unspecified atom stereocenters. The normalized spacial score (nSPS) is 10.1. The Kier molecular flexibility index (Phi) is 2.59. The van der Waals surface area contributed by atoms with Crippen LogP contribution in [0, 0.1) is 0 Å². The maximum absolute atomic E-state index is 10.9. The van der Waals surface area contributed by atoms with Crippen LogP contribution in [0.25, 0.3) is 11.3 Å². The van der Waals surface area contributed by atoms with Crippen molar-refractivity contribution >= 4 is 17.5 Å². The van der Waals surface area contributed by atoms with Gasteiger partial charge in [0, 0.05) is 12.5 Å². The van der Waals surface area contributed by atoms with E-state index in [1.165, 1.54) is 6.92 Å². The van der Waals surface area contributed by atoms with Gasteiger partial charge in [0.15, 0.2) is 0 Å². The first kappa shape index (κ1) is 10.2. The number of nitrogens with two attached hydrogens (primary N) is 1. The molecular weight excluding hydrogens is 206 g/mol. The van der Waals surface area contributed by atoms with Crippen molar-refractivity contribution in [3.63, 3.8) is 0 Å². The van der Waals surface area contributed by atoms with Crippen LogP contribution in [-0.2, 0) is 4.79 Å². The third kappa shape index (κ3) is 1.88. The van der Waals surface area contributed by atoms with E-state index in [2.05, 4.69) is 10.5 Å². The molecule has 2 aromatic rings. The van der Waals surface area contributed by atoms with E-state index in [9.17, 15) is 4.79 Å². The van der Waals surface area contributed by atoms with Crippen molar-refractivity contribution in [2.75, 3.05) is 11.1 Å². The second-order valence-electron chi connectivity index (χ2n) is 3.32. The third-order valence-electron chi connectivity index (χ3n) is 2.06. The molecule has 2 rings (SSSR count). The minimum Gasteiger partial charge on any atom is -0.392 e. The predicted octanol–water partition coefficient (Wildman–Crippen LogP) is 1.88. The second-order valence-corrected chi connectivity index (χ2v) is 3.32. The lowest BCUT2D eigenvalue weighted by Crippen LogP contribution is -2.06. The van der Waals surface area contributed by atoms with E-state index in [1.54, 1.807) is 0 Å². The van der Waals surface area contributed by atoms with Gasteiger partial charge in [-0.15, -0.1) is 0 Å². The van der Waals surface area contributed by atoms with Crippen LogP contribution in [0.1, 0.15) is 6.92 Å². The van der Waals surface area contributed by atoms with Crippen LogP contribution in [-0.4, -0.2) is 11.1 Å². The smallest absolute Gasteiger partial charge is 0.255 e. The monoisotopic (exact) mass is 217 g/mol. The Morgan fingerprint density at radius 3 is 2.69 bits per heavy atom. The maximum atomic E-state index is 10.9. The minimum absolute atomic E-state index is 0.186. The van der Waals surface area contributed by atoms with E-state index in [4.69, 9.17) is 10.3 Å². The molecule has 0 aliphatic carbocycles. The minimum atomic E-state index is -0.248. The van der Waals surface area contributed by atoms with Gasteiger partial charge in [-0.1, -0.05) is 35.5 Å². The van der Waals surface area contributed by atoms with Crippen molar-refractivity contribution in [3.8, 4) is 11.3 Å². The number of rotatable bonds is 2. The molecule has 0 aliphatic heterocycles. The highest BCUT2D eigenvalue weighted by Gasteiger charge is 2.14. The van der Waals surface area contributed by atoms with Gasteiger partial charge in [-0.05, 0) is 0 Å². The number of hydrogen-bond acceptors (Lipinski definition) is 4. The molecule has 0 atom stereocenters. The molecule has 1 heterocycles. The lowest BCUT2D eigenvalue weighted by Gasteiger charge is -1.98. The van der Waals surface area contributed by atoms with Crippen LogP contribution in [0.3, 0.4) is 0 Å². The van der Waals surface area contributed by atoms with Crippen molar-refractivity contribution in [1.29, 1.82) is 0 Å². The van der Waals surface area contributed by atoms with Crippen molar-refractivity contribution in [1.82, 2.24) is 5.16 Å². The third-order valence-corrected chi connectivity index (χ3v) is 2.06. The van der Waals surface area contributed by atoms with E-state index in [0.717, 1.165) is 5.56 Å². The number of nitrogens with one attached hydrogen (secondary N) is 1. The largest absolute Gasteiger partial charge is 0.392 e. The Morgan fingerprint density at radius 2 is 2.06 bits per heavy atom. The van der Waals surface area contributed by atoms with Gasteiger partial charge < -0.3 is 10.3 Å². The zero-order valence-electron chi connectivity index (χ0n) is 8.73. The molecule has 1 aromatic carbocycles. The fourth-order valence-corrected chi connectivity index (χ4v) is 1.35. The van der Waals surface area contributed by atoms with E-state index >= 15 is 0 Å². The molecular formula is C11H11N3O2. The number of amides is 1. The summed E-state index contributed by atoms with van der Waals surface area (Å²) in [5, 5.41) is 6.29. The zero-order chi connectivity index (χ0) is 11.5. The number of aromatic nitrogens is 1. The fourth-order valence-electron chi connectivity index (χ4n) is 1.35. The van der Waals surface area contributed by atoms with E-state index in [-0.39, 0.29) is 11.8 Å². The van der Waals surface area contributed by atoms with E-state index in [1.807, 2.05) is 30.3 Å². The number of anilines is 2. The van der Waals surface area contributed by atoms with Gasteiger partial charge in [-0.2, -0.15) is 0 Å². The molecule has 0 spiro atoms. The number of carbonyl (C=O) groups is 1. The summed E-state index contributed by atoms with van der Waals surface area (Å²) in [6.07, 6.45) is 0. The maximum Gasteiger partial charge on any atom is 0.255 e. The molecule has 5 nitrogen and oxygen atoms in total. The van der Waals surface area contributed by atoms with Gasteiger partial charge in [0.2, 0.25) is 5.91 Å².